The van der Waals surface area contributed by atoms with Gasteiger partial charge < -0.3 is 10.2 Å². The summed E-state index contributed by atoms with van der Waals surface area (Å²) in [4.78, 5) is 4.02. The molecule has 0 bridgehead atoms. The van der Waals surface area contributed by atoms with Crippen molar-refractivity contribution in [3.63, 3.8) is 0 Å². The molecular weight excluding hydrogens is 389 g/mol. The Bertz CT molecular complexity index is 1160. The van der Waals surface area contributed by atoms with Gasteiger partial charge in [0.25, 0.3) is 0 Å². The Kier molecular flexibility index (Phi) is 5.62. The highest BCUT2D eigenvalue weighted by atomic mass is 32.1. The number of benzene rings is 2. The first-order valence-electron chi connectivity index (χ1n) is 8.97. The molecule has 0 aliphatic heterocycles. The van der Waals surface area contributed by atoms with Crippen LogP contribution in [0.5, 0.6) is 5.75 Å². The molecule has 0 radical (unpaired) electrons. The van der Waals surface area contributed by atoms with E-state index in [0.717, 1.165) is 11.1 Å². The number of aromatic amines is 1. The average molecular weight is 407 g/mol. The molecule has 0 saturated carbocycles. The molecule has 0 fully saturated rings. The maximum absolute atomic E-state index is 13.7. The van der Waals surface area contributed by atoms with E-state index in [9.17, 15) is 4.39 Å². The molecule has 146 valence electrons. The van der Waals surface area contributed by atoms with Crippen molar-refractivity contribution >= 4 is 12.2 Å². The fraction of sp³-hybridized carbons (Fsp3) is 0.0952. The van der Waals surface area contributed by atoms with Crippen molar-refractivity contribution in [1.82, 2.24) is 19.9 Å². The molecule has 0 saturated heterocycles. The van der Waals surface area contributed by atoms with E-state index < -0.39 is 0 Å². The molecule has 2 heterocycles. The smallest absolute Gasteiger partial charge is 0.214 e. The van der Waals surface area contributed by atoms with Crippen LogP contribution in [0.3, 0.4) is 0 Å². The van der Waals surface area contributed by atoms with Crippen LogP contribution in [0.4, 0.5) is 4.39 Å². The monoisotopic (exact) mass is 407 g/mol. The first-order chi connectivity index (χ1) is 14.2. The lowest BCUT2D eigenvalue weighted by atomic mass is 10.2. The molecule has 8 heteroatoms. The van der Waals surface area contributed by atoms with Gasteiger partial charge in [0.1, 0.15) is 18.2 Å². The average Bonchev–Trinajstić information content (AvgIpc) is 3.13. The van der Waals surface area contributed by atoms with Gasteiger partial charge in [-0.15, -0.1) is 0 Å². The zero-order chi connectivity index (χ0) is 20.1. The minimum absolute atomic E-state index is 0.169. The second-order valence-electron chi connectivity index (χ2n) is 6.29. The molecule has 29 heavy (non-hydrogen) atoms. The zero-order valence-corrected chi connectivity index (χ0v) is 16.2. The Morgan fingerprint density at radius 3 is 2.72 bits per heavy atom. The SMILES string of the molecule is Fc1ccccc1COc1cccc(CNn2c(-c3ccncc3)n[nH]c2=S)c1. The van der Waals surface area contributed by atoms with Gasteiger partial charge in [-0.05, 0) is 48.1 Å². The molecule has 0 aliphatic carbocycles. The van der Waals surface area contributed by atoms with E-state index in [1.54, 1.807) is 35.3 Å². The maximum Gasteiger partial charge on any atom is 0.214 e. The molecule has 4 rings (SSSR count). The van der Waals surface area contributed by atoms with Crippen LogP contribution < -0.4 is 10.2 Å². The Morgan fingerprint density at radius 1 is 1.07 bits per heavy atom. The Morgan fingerprint density at radius 2 is 1.90 bits per heavy atom. The highest BCUT2D eigenvalue weighted by Gasteiger charge is 2.09. The van der Waals surface area contributed by atoms with Gasteiger partial charge in [0.15, 0.2) is 5.82 Å². The number of pyridine rings is 1. The molecule has 0 atom stereocenters. The fourth-order valence-corrected chi connectivity index (χ4v) is 3.03. The Labute approximate surface area is 172 Å². The van der Waals surface area contributed by atoms with Crippen LogP contribution in [0.2, 0.25) is 0 Å². The van der Waals surface area contributed by atoms with E-state index >= 15 is 0 Å². The van der Waals surface area contributed by atoms with E-state index in [4.69, 9.17) is 17.0 Å². The summed E-state index contributed by atoms with van der Waals surface area (Å²) in [5.74, 6) is 1.06. The number of ether oxygens (including phenoxy) is 1. The Balaban J connectivity index is 1.45. The van der Waals surface area contributed by atoms with Gasteiger partial charge in [-0.2, -0.15) is 5.10 Å². The van der Waals surface area contributed by atoms with Crippen LogP contribution in [-0.2, 0) is 13.2 Å². The number of halogens is 1. The lowest BCUT2D eigenvalue weighted by Gasteiger charge is -2.12. The van der Waals surface area contributed by atoms with E-state index in [1.165, 1.54) is 6.07 Å². The van der Waals surface area contributed by atoms with Crippen LogP contribution in [-0.4, -0.2) is 19.9 Å². The van der Waals surface area contributed by atoms with Crippen LogP contribution in [0.25, 0.3) is 11.4 Å². The van der Waals surface area contributed by atoms with Crippen molar-refractivity contribution in [3.05, 3.63) is 94.8 Å². The second-order valence-corrected chi connectivity index (χ2v) is 6.67. The third-order valence-corrected chi connectivity index (χ3v) is 4.58. The lowest BCUT2D eigenvalue weighted by molar-refractivity contribution is 0.299. The molecule has 0 unspecified atom stereocenters. The normalized spacial score (nSPS) is 10.7. The van der Waals surface area contributed by atoms with Crippen molar-refractivity contribution < 1.29 is 9.13 Å². The number of H-pyrrole nitrogens is 1. The predicted octanol–water partition coefficient (Wildman–Crippen LogP) is 4.46. The third kappa shape index (κ3) is 4.49. The van der Waals surface area contributed by atoms with Gasteiger partial charge in [-0.25, -0.2) is 14.2 Å². The number of nitrogens with zero attached hydrogens (tertiary/aromatic N) is 3. The number of rotatable bonds is 7. The molecule has 0 amide bonds. The fourth-order valence-electron chi connectivity index (χ4n) is 2.83. The number of hydrogen-bond acceptors (Lipinski definition) is 5. The zero-order valence-electron chi connectivity index (χ0n) is 15.4. The van der Waals surface area contributed by atoms with E-state index in [1.807, 2.05) is 36.4 Å². The predicted molar refractivity (Wildman–Crippen MR) is 111 cm³/mol. The van der Waals surface area contributed by atoms with Gasteiger partial charge in [0.05, 0.1) is 6.54 Å². The summed E-state index contributed by atoms with van der Waals surface area (Å²) in [6, 6.07) is 17.9. The second kappa shape index (κ2) is 8.66. The summed E-state index contributed by atoms with van der Waals surface area (Å²) in [5, 5.41) is 7.08. The summed E-state index contributed by atoms with van der Waals surface area (Å²) in [6.07, 6.45) is 3.40. The molecule has 0 aliphatic rings. The lowest BCUT2D eigenvalue weighted by Crippen LogP contribution is -2.16. The van der Waals surface area contributed by atoms with Gasteiger partial charge >= 0.3 is 0 Å². The van der Waals surface area contributed by atoms with Gasteiger partial charge in [0.2, 0.25) is 4.77 Å². The Hall–Kier alpha value is -3.52. The molecule has 4 aromatic rings. The summed E-state index contributed by atoms with van der Waals surface area (Å²) in [5.41, 5.74) is 5.66. The van der Waals surface area contributed by atoms with Crippen molar-refractivity contribution in [3.8, 4) is 17.1 Å². The first-order valence-corrected chi connectivity index (χ1v) is 9.38. The molecule has 0 spiro atoms. The van der Waals surface area contributed by atoms with E-state index in [0.29, 0.717) is 28.5 Å². The van der Waals surface area contributed by atoms with Crippen molar-refractivity contribution in [1.29, 1.82) is 0 Å². The third-order valence-electron chi connectivity index (χ3n) is 4.30. The minimum Gasteiger partial charge on any atom is -0.489 e. The van der Waals surface area contributed by atoms with Crippen molar-refractivity contribution in [2.75, 3.05) is 5.43 Å². The minimum atomic E-state index is -0.275. The van der Waals surface area contributed by atoms with Gasteiger partial charge in [0, 0.05) is 23.5 Å². The van der Waals surface area contributed by atoms with E-state index in [2.05, 4.69) is 20.6 Å². The highest BCUT2D eigenvalue weighted by Crippen LogP contribution is 2.18. The standard InChI is InChI=1S/C21H18FN5OS/c22-19-7-2-1-5-17(19)14-28-18-6-3-4-15(12-18)13-24-27-20(25-26-21(27)29)16-8-10-23-11-9-16/h1-12,24H,13-14H2,(H,26,29). The van der Waals surface area contributed by atoms with Gasteiger partial charge in [-0.3, -0.25) is 4.98 Å². The first kappa shape index (κ1) is 18.8. The highest BCUT2D eigenvalue weighted by molar-refractivity contribution is 7.71. The molecule has 2 aromatic heterocycles. The van der Waals surface area contributed by atoms with E-state index in [-0.39, 0.29) is 12.4 Å². The molecular formula is C21H18FN5OS. The number of aromatic nitrogens is 4. The maximum atomic E-state index is 13.7. The number of nitrogens with one attached hydrogen (secondary N) is 2. The van der Waals surface area contributed by atoms with Crippen LogP contribution in [0.1, 0.15) is 11.1 Å². The summed E-state index contributed by atoms with van der Waals surface area (Å²) in [6.45, 7) is 0.672. The topological polar surface area (TPSA) is 67.8 Å². The largest absolute Gasteiger partial charge is 0.489 e. The summed E-state index contributed by atoms with van der Waals surface area (Å²) < 4.78 is 21.7. The molecule has 6 nitrogen and oxygen atoms in total. The molecule has 2 aromatic carbocycles. The number of hydrogen-bond donors (Lipinski definition) is 2. The van der Waals surface area contributed by atoms with Crippen LogP contribution >= 0.6 is 12.2 Å². The molecule has 2 N–H and O–H groups in total. The van der Waals surface area contributed by atoms with Crippen LogP contribution in [0, 0.1) is 10.6 Å². The van der Waals surface area contributed by atoms with Crippen LogP contribution in [0.15, 0.2) is 73.1 Å². The quantitative estimate of drug-likeness (QED) is 0.443. The van der Waals surface area contributed by atoms with Crippen molar-refractivity contribution in [2.45, 2.75) is 13.2 Å². The van der Waals surface area contributed by atoms with Crippen molar-refractivity contribution in [2.24, 2.45) is 0 Å². The summed E-state index contributed by atoms with van der Waals surface area (Å²) >= 11 is 5.33. The summed E-state index contributed by atoms with van der Waals surface area (Å²) in [7, 11) is 0. The van der Waals surface area contributed by atoms with Gasteiger partial charge in [-0.1, -0.05) is 30.3 Å².